The molecule has 1 N–H and O–H groups in total. The number of aromatic nitrogens is 2. The molecule has 6 heteroatoms. The molecule has 0 saturated heterocycles. The first-order valence-electron chi connectivity index (χ1n) is 7.75. The topological polar surface area (TPSA) is 70.2 Å². The number of nitrogens with one attached hydrogen (secondary N) is 1. The zero-order valence-electron chi connectivity index (χ0n) is 13.9. The van der Waals surface area contributed by atoms with E-state index in [1.807, 2.05) is 48.6 Å². The molecule has 0 bridgehead atoms. The number of carbonyl (C=O) groups excluding carboxylic acids is 1. The summed E-state index contributed by atoms with van der Waals surface area (Å²) >= 11 is 1.42. The first kappa shape index (κ1) is 16.9. The van der Waals surface area contributed by atoms with Gasteiger partial charge in [0.15, 0.2) is 5.65 Å². The largest absolute Gasteiger partial charge is 0.344 e. The van der Waals surface area contributed by atoms with Gasteiger partial charge in [0.25, 0.3) is 0 Å². The monoisotopic (exact) mass is 348 g/mol. The van der Waals surface area contributed by atoms with E-state index in [4.69, 9.17) is 6.42 Å². The second kappa shape index (κ2) is 6.88. The van der Waals surface area contributed by atoms with E-state index in [-0.39, 0.29) is 17.7 Å². The van der Waals surface area contributed by atoms with Gasteiger partial charge in [-0.25, -0.2) is 4.98 Å². The molecule has 3 rings (SSSR count). The number of carbonyl (C=O) groups is 1. The molecule has 0 aliphatic carbocycles. The molecular formula is C19H16N4OS. The number of rotatable bonds is 4. The van der Waals surface area contributed by atoms with Crippen LogP contribution in [0.15, 0.2) is 35.4 Å². The number of hydrogen-bond donors (Lipinski definition) is 1. The maximum atomic E-state index is 12.1. The van der Waals surface area contributed by atoms with Crippen molar-refractivity contribution in [3.8, 4) is 18.4 Å². The third kappa shape index (κ3) is 3.05. The Kier molecular flexibility index (Phi) is 4.65. The molecule has 5 nitrogen and oxygen atoms in total. The van der Waals surface area contributed by atoms with Crippen molar-refractivity contribution in [2.75, 3.05) is 6.54 Å². The standard InChI is InChI=1S/C19H16N4OS/c1-4-9-21-19(24)13(3)25-17-10-12(2)14(11-20)18-22-15-7-5-6-8-16(15)23(17)18/h1,5-8,10,13H,9H2,2-3H3,(H,21,24)/t13-/m0/s1. The van der Waals surface area contributed by atoms with Gasteiger partial charge in [-0.15, -0.1) is 6.42 Å². The Labute approximate surface area is 150 Å². The lowest BCUT2D eigenvalue weighted by atomic mass is 10.2. The molecule has 124 valence electrons. The number of nitrogens with zero attached hydrogens (tertiary/aromatic N) is 3. The van der Waals surface area contributed by atoms with E-state index in [0.717, 1.165) is 21.6 Å². The molecule has 0 fully saturated rings. The average molecular weight is 348 g/mol. The summed E-state index contributed by atoms with van der Waals surface area (Å²) in [4.78, 5) is 16.8. The van der Waals surface area contributed by atoms with Gasteiger partial charge < -0.3 is 5.32 Å². The van der Waals surface area contributed by atoms with Gasteiger partial charge in [0, 0.05) is 0 Å². The molecule has 0 radical (unpaired) electrons. The second-order valence-electron chi connectivity index (χ2n) is 5.59. The van der Waals surface area contributed by atoms with Gasteiger partial charge >= 0.3 is 0 Å². The molecule has 0 spiro atoms. The van der Waals surface area contributed by atoms with Crippen molar-refractivity contribution in [1.82, 2.24) is 14.7 Å². The number of imidazole rings is 1. The van der Waals surface area contributed by atoms with Gasteiger partial charge in [-0.2, -0.15) is 5.26 Å². The number of pyridine rings is 1. The van der Waals surface area contributed by atoms with Crippen molar-refractivity contribution < 1.29 is 4.79 Å². The van der Waals surface area contributed by atoms with Gasteiger partial charge in [0.05, 0.1) is 33.4 Å². The number of amides is 1. The van der Waals surface area contributed by atoms with Crippen LogP contribution in [0.25, 0.3) is 16.7 Å². The molecule has 2 heterocycles. The van der Waals surface area contributed by atoms with E-state index in [1.54, 1.807) is 0 Å². The third-order valence-corrected chi connectivity index (χ3v) is 4.99. The first-order valence-corrected chi connectivity index (χ1v) is 8.63. The summed E-state index contributed by atoms with van der Waals surface area (Å²) in [6.07, 6.45) is 5.19. The number of terminal acetylenes is 1. The highest BCUT2D eigenvalue weighted by Gasteiger charge is 2.19. The molecule has 1 amide bonds. The predicted molar refractivity (Wildman–Crippen MR) is 99.3 cm³/mol. The lowest BCUT2D eigenvalue weighted by Crippen LogP contribution is -2.31. The first-order chi connectivity index (χ1) is 12.1. The summed E-state index contributed by atoms with van der Waals surface area (Å²) in [5.74, 6) is 2.28. The van der Waals surface area contributed by atoms with E-state index in [0.29, 0.717) is 11.2 Å². The van der Waals surface area contributed by atoms with Gasteiger partial charge in [0.1, 0.15) is 6.07 Å². The molecule has 1 aromatic carbocycles. The van der Waals surface area contributed by atoms with E-state index in [2.05, 4.69) is 22.3 Å². The summed E-state index contributed by atoms with van der Waals surface area (Å²) in [7, 11) is 0. The quantitative estimate of drug-likeness (QED) is 0.581. The van der Waals surface area contributed by atoms with Gasteiger partial charge in [-0.3, -0.25) is 9.20 Å². The fraction of sp³-hybridized carbons (Fsp3) is 0.211. The van der Waals surface area contributed by atoms with Crippen LogP contribution in [-0.2, 0) is 4.79 Å². The summed E-state index contributed by atoms with van der Waals surface area (Å²) < 4.78 is 1.94. The Balaban J connectivity index is 2.14. The van der Waals surface area contributed by atoms with Gasteiger partial charge in [0.2, 0.25) is 5.91 Å². The van der Waals surface area contributed by atoms with Crippen LogP contribution in [0.5, 0.6) is 0 Å². The Morgan fingerprint density at radius 3 is 2.96 bits per heavy atom. The average Bonchev–Trinajstić information content (AvgIpc) is 2.99. The number of fused-ring (bicyclic) bond motifs is 3. The lowest BCUT2D eigenvalue weighted by molar-refractivity contribution is -0.120. The zero-order chi connectivity index (χ0) is 18.0. The number of aryl methyl sites for hydroxylation is 1. The lowest BCUT2D eigenvalue weighted by Gasteiger charge is -2.14. The molecule has 1 atom stereocenters. The molecule has 0 unspecified atom stereocenters. The smallest absolute Gasteiger partial charge is 0.234 e. The van der Waals surface area contributed by atoms with Crippen molar-refractivity contribution >= 4 is 34.3 Å². The molecule has 25 heavy (non-hydrogen) atoms. The van der Waals surface area contributed by atoms with E-state index in [1.165, 1.54) is 11.8 Å². The van der Waals surface area contributed by atoms with Crippen LogP contribution >= 0.6 is 11.8 Å². The molecular weight excluding hydrogens is 332 g/mol. The van der Waals surface area contributed by atoms with Crippen LogP contribution in [0.2, 0.25) is 0 Å². The highest BCUT2D eigenvalue weighted by Crippen LogP contribution is 2.31. The SMILES string of the molecule is C#CCNC(=O)[C@H](C)Sc1cc(C)c(C#N)c2nc3ccccc3n12. The maximum Gasteiger partial charge on any atom is 0.234 e. The Hall–Kier alpha value is -2.96. The summed E-state index contributed by atoms with van der Waals surface area (Å²) in [5.41, 5.74) is 3.72. The fourth-order valence-corrected chi connectivity index (χ4v) is 3.74. The van der Waals surface area contributed by atoms with E-state index in [9.17, 15) is 10.1 Å². The van der Waals surface area contributed by atoms with Crippen molar-refractivity contribution in [3.63, 3.8) is 0 Å². The summed E-state index contributed by atoms with van der Waals surface area (Å²) in [6, 6.07) is 11.9. The third-order valence-electron chi connectivity index (χ3n) is 3.88. The van der Waals surface area contributed by atoms with Crippen LogP contribution in [0.1, 0.15) is 18.1 Å². The number of benzene rings is 1. The Morgan fingerprint density at radius 2 is 2.24 bits per heavy atom. The van der Waals surface area contributed by atoms with Crippen LogP contribution in [0.3, 0.4) is 0 Å². The molecule has 2 aromatic heterocycles. The van der Waals surface area contributed by atoms with Gasteiger partial charge in [-0.1, -0.05) is 29.8 Å². The number of thioether (sulfide) groups is 1. The van der Waals surface area contributed by atoms with Crippen LogP contribution in [-0.4, -0.2) is 27.1 Å². The van der Waals surface area contributed by atoms with Crippen molar-refractivity contribution in [3.05, 3.63) is 41.5 Å². The molecule has 0 aliphatic heterocycles. The van der Waals surface area contributed by atoms with Crippen molar-refractivity contribution in [2.45, 2.75) is 24.1 Å². The van der Waals surface area contributed by atoms with E-state index >= 15 is 0 Å². The Morgan fingerprint density at radius 1 is 1.48 bits per heavy atom. The number of nitriles is 1. The Bertz CT molecular complexity index is 1060. The van der Waals surface area contributed by atoms with Crippen molar-refractivity contribution in [2.24, 2.45) is 0 Å². The zero-order valence-corrected chi connectivity index (χ0v) is 14.7. The summed E-state index contributed by atoms with van der Waals surface area (Å²) in [5, 5.41) is 12.7. The maximum absolute atomic E-state index is 12.1. The van der Waals surface area contributed by atoms with Gasteiger partial charge in [-0.05, 0) is 37.6 Å². The van der Waals surface area contributed by atoms with Crippen LogP contribution < -0.4 is 5.32 Å². The molecule has 3 aromatic rings. The van der Waals surface area contributed by atoms with E-state index < -0.39 is 0 Å². The second-order valence-corrected chi connectivity index (χ2v) is 6.96. The van der Waals surface area contributed by atoms with Crippen LogP contribution in [0.4, 0.5) is 0 Å². The van der Waals surface area contributed by atoms with Crippen LogP contribution in [0, 0.1) is 30.6 Å². The number of hydrogen-bond acceptors (Lipinski definition) is 4. The minimum absolute atomic E-state index is 0.123. The summed E-state index contributed by atoms with van der Waals surface area (Å²) in [6.45, 7) is 3.92. The normalized spacial score (nSPS) is 11.8. The fourth-order valence-electron chi connectivity index (χ4n) is 2.66. The number of para-hydroxylation sites is 2. The minimum atomic E-state index is -0.329. The minimum Gasteiger partial charge on any atom is -0.344 e. The predicted octanol–water partition coefficient (Wildman–Crippen LogP) is 2.90. The highest BCUT2D eigenvalue weighted by molar-refractivity contribution is 8.00. The highest BCUT2D eigenvalue weighted by atomic mass is 32.2. The molecule has 0 aliphatic rings. The van der Waals surface area contributed by atoms with Crippen molar-refractivity contribution in [1.29, 1.82) is 5.26 Å². The molecule has 0 saturated carbocycles.